The molecule has 1 aliphatic rings. The third-order valence-electron chi connectivity index (χ3n) is 10.3. The molecule has 9 rings (SSSR count). The zero-order chi connectivity index (χ0) is 34.4. The summed E-state index contributed by atoms with van der Waals surface area (Å²) in [6, 6.07) is 58.3. The van der Waals surface area contributed by atoms with Crippen molar-refractivity contribution >= 4 is 63.3 Å². The molecule has 0 N–H and O–H groups in total. The zero-order valence-corrected chi connectivity index (χ0v) is 28.8. The Morgan fingerprint density at radius 1 is 0.451 bits per heavy atom. The van der Waals surface area contributed by atoms with Crippen molar-refractivity contribution in [3.8, 4) is 11.1 Å². The lowest BCUT2D eigenvalue weighted by Gasteiger charge is -2.28. The Labute approximate surface area is 299 Å². The Morgan fingerprint density at radius 2 is 0.980 bits per heavy atom. The van der Waals surface area contributed by atoms with Crippen molar-refractivity contribution in [3.63, 3.8) is 0 Å². The van der Waals surface area contributed by atoms with E-state index < -0.39 is 0 Å². The van der Waals surface area contributed by atoms with Gasteiger partial charge in [-0.05, 0) is 80.9 Å². The SMILES string of the molecule is CC1(C)c2cc(/C=C/c3ccccc3)ccc2-c2ccc(N(c3ccc(/C=C/c4ccccc4)cc3)c3cccc4c3oc3ccccc34)cc21. The second kappa shape index (κ2) is 12.5. The molecule has 2 heteroatoms. The first-order chi connectivity index (χ1) is 25.0. The van der Waals surface area contributed by atoms with E-state index in [0.29, 0.717) is 0 Å². The summed E-state index contributed by atoms with van der Waals surface area (Å²) >= 11 is 0. The van der Waals surface area contributed by atoms with E-state index in [1.54, 1.807) is 0 Å². The van der Waals surface area contributed by atoms with Crippen LogP contribution in [-0.2, 0) is 5.41 Å². The largest absolute Gasteiger partial charge is 0.454 e. The minimum absolute atomic E-state index is 0.180. The van der Waals surface area contributed by atoms with Crippen LogP contribution in [0.4, 0.5) is 17.1 Å². The average Bonchev–Trinajstić information content (AvgIpc) is 3.67. The minimum Gasteiger partial charge on any atom is -0.454 e. The number of rotatable bonds is 7. The van der Waals surface area contributed by atoms with Crippen molar-refractivity contribution in [1.29, 1.82) is 0 Å². The summed E-state index contributed by atoms with van der Waals surface area (Å²) in [5.74, 6) is 0. The molecule has 7 aromatic carbocycles. The van der Waals surface area contributed by atoms with Crippen LogP contribution < -0.4 is 4.90 Å². The van der Waals surface area contributed by atoms with Crippen LogP contribution in [0.25, 0.3) is 57.4 Å². The van der Waals surface area contributed by atoms with Gasteiger partial charge in [-0.3, -0.25) is 0 Å². The molecule has 0 fully saturated rings. The van der Waals surface area contributed by atoms with Gasteiger partial charge in [0.2, 0.25) is 0 Å². The van der Waals surface area contributed by atoms with Crippen molar-refractivity contribution in [2.45, 2.75) is 19.3 Å². The van der Waals surface area contributed by atoms with Gasteiger partial charge in [0.15, 0.2) is 5.58 Å². The highest BCUT2D eigenvalue weighted by molar-refractivity contribution is 6.10. The maximum Gasteiger partial charge on any atom is 0.159 e. The van der Waals surface area contributed by atoms with Gasteiger partial charge in [0.1, 0.15) is 5.58 Å². The van der Waals surface area contributed by atoms with E-state index in [0.717, 1.165) is 44.6 Å². The maximum absolute atomic E-state index is 6.61. The van der Waals surface area contributed by atoms with Crippen LogP contribution in [0.3, 0.4) is 0 Å². The molecule has 1 heterocycles. The van der Waals surface area contributed by atoms with Crippen molar-refractivity contribution in [2.24, 2.45) is 0 Å². The number of para-hydroxylation sites is 2. The standard InChI is InChI=1S/C49H37NO/c1-49(2)44-32-37(23-22-35-14-7-4-8-15-35)26-30-40(44)41-31-29-39(33-45(41)49)50(38-27-24-36(25-28-38)21-20-34-12-5-3-6-13-34)46-18-11-17-43-42-16-9-10-19-47(42)51-48(43)46/h3-33H,1-2H3/b21-20+,23-22+. The van der Waals surface area contributed by atoms with E-state index in [1.807, 2.05) is 12.1 Å². The van der Waals surface area contributed by atoms with Crippen molar-refractivity contribution in [1.82, 2.24) is 0 Å². The monoisotopic (exact) mass is 655 g/mol. The fourth-order valence-electron chi connectivity index (χ4n) is 7.57. The number of furan rings is 1. The number of hydrogen-bond acceptors (Lipinski definition) is 2. The lowest BCUT2D eigenvalue weighted by molar-refractivity contribution is 0.660. The molecular weight excluding hydrogens is 619 g/mol. The molecule has 0 radical (unpaired) electrons. The zero-order valence-electron chi connectivity index (χ0n) is 28.8. The van der Waals surface area contributed by atoms with E-state index in [4.69, 9.17) is 4.42 Å². The first-order valence-corrected chi connectivity index (χ1v) is 17.6. The van der Waals surface area contributed by atoms with E-state index in [2.05, 4.69) is 195 Å². The van der Waals surface area contributed by atoms with Crippen LogP contribution in [-0.4, -0.2) is 0 Å². The van der Waals surface area contributed by atoms with Crippen LogP contribution in [0.15, 0.2) is 168 Å². The van der Waals surface area contributed by atoms with Gasteiger partial charge in [0.05, 0.1) is 5.69 Å². The summed E-state index contributed by atoms with van der Waals surface area (Å²) in [6.07, 6.45) is 8.73. The predicted octanol–water partition coefficient (Wildman–Crippen LogP) is 13.7. The Balaban J connectivity index is 1.14. The Hall–Kier alpha value is -6.38. The number of nitrogens with zero attached hydrogens (tertiary/aromatic N) is 1. The highest BCUT2D eigenvalue weighted by Crippen LogP contribution is 2.51. The van der Waals surface area contributed by atoms with E-state index in [-0.39, 0.29) is 5.41 Å². The quantitative estimate of drug-likeness (QED) is 0.159. The highest BCUT2D eigenvalue weighted by Gasteiger charge is 2.36. The van der Waals surface area contributed by atoms with Crippen LogP contribution in [0.1, 0.15) is 47.2 Å². The first-order valence-electron chi connectivity index (χ1n) is 17.6. The molecule has 0 atom stereocenters. The summed E-state index contributed by atoms with van der Waals surface area (Å²) < 4.78 is 6.61. The van der Waals surface area contributed by atoms with Gasteiger partial charge in [0, 0.05) is 27.6 Å². The normalized spacial score (nSPS) is 13.3. The summed E-state index contributed by atoms with van der Waals surface area (Å²) in [4.78, 5) is 2.35. The molecular formula is C49H37NO. The topological polar surface area (TPSA) is 16.4 Å². The summed E-state index contributed by atoms with van der Waals surface area (Å²) in [5.41, 5.74) is 14.8. The molecule has 1 aliphatic carbocycles. The smallest absolute Gasteiger partial charge is 0.159 e. The van der Waals surface area contributed by atoms with Gasteiger partial charge in [-0.2, -0.15) is 0 Å². The first kappa shape index (κ1) is 30.7. The summed E-state index contributed by atoms with van der Waals surface area (Å²) in [6.45, 7) is 4.70. The Bertz CT molecular complexity index is 2590. The van der Waals surface area contributed by atoms with Gasteiger partial charge in [-0.25, -0.2) is 0 Å². The molecule has 0 saturated carbocycles. The lowest BCUT2D eigenvalue weighted by atomic mass is 9.81. The molecule has 244 valence electrons. The van der Waals surface area contributed by atoms with Gasteiger partial charge < -0.3 is 9.32 Å². The molecule has 2 nitrogen and oxygen atoms in total. The number of benzene rings is 7. The molecule has 0 amide bonds. The van der Waals surface area contributed by atoms with Gasteiger partial charge >= 0.3 is 0 Å². The van der Waals surface area contributed by atoms with Gasteiger partial charge in [-0.1, -0.05) is 166 Å². The third kappa shape index (κ3) is 5.56. The summed E-state index contributed by atoms with van der Waals surface area (Å²) in [7, 11) is 0. The summed E-state index contributed by atoms with van der Waals surface area (Å²) in [5, 5.41) is 2.24. The Morgan fingerprint density at radius 3 is 1.69 bits per heavy atom. The predicted molar refractivity (Wildman–Crippen MR) is 217 cm³/mol. The van der Waals surface area contributed by atoms with Crippen molar-refractivity contribution < 1.29 is 4.42 Å². The van der Waals surface area contributed by atoms with E-state index in [9.17, 15) is 0 Å². The minimum atomic E-state index is -0.180. The van der Waals surface area contributed by atoms with E-state index >= 15 is 0 Å². The molecule has 51 heavy (non-hydrogen) atoms. The third-order valence-corrected chi connectivity index (χ3v) is 10.3. The van der Waals surface area contributed by atoms with E-state index in [1.165, 1.54) is 38.9 Å². The highest BCUT2D eigenvalue weighted by atomic mass is 16.3. The molecule has 8 aromatic rings. The number of anilines is 3. The van der Waals surface area contributed by atoms with Gasteiger partial charge in [0.25, 0.3) is 0 Å². The molecule has 0 bridgehead atoms. The van der Waals surface area contributed by atoms with Crippen molar-refractivity contribution in [2.75, 3.05) is 4.90 Å². The molecule has 1 aromatic heterocycles. The number of hydrogen-bond donors (Lipinski definition) is 0. The fourth-order valence-corrected chi connectivity index (χ4v) is 7.57. The van der Waals surface area contributed by atoms with Crippen LogP contribution >= 0.6 is 0 Å². The molecule has 0 saturated heterocycles. The molecule has 0 aliphatic heterocycles. The average molecular weight is 656 g/mol. The Kier molecular flexibility index (Phi) is 7.51. The van der Waals surface area contributed by atoms with Crippen LogP contribution in [0.2, 0.25) is 0 Å². The number of fused-ring (bicyclic) bond motifs is 6. The second-order valence-corrected chi connectivity index (χ2v) is 13.8. The molecule has 0 unspecified atom stereocenters. The van der Waals surface area contributed by atoms with Crippen molar-refractivity contribution in [3.05, 3.63) is 197 Å². The lowest BCUT2D eigenvalue weighted by Crippen LogP contribution is -2.16. The van der Waals surface area contributed by atoms with Gasteiger partial charge in [-0.15, -0.1) is 0 Å². The molecule has 0 spiro atoms. The second-order valence-electron chi connectivity index (χ2n) is 13.8. The van der Waals surface area contributed by atoms with Crippen LogP contribution in [0, 0.1) is 0 Å². The maximum atomic E-state index is 6.61. The fraction of sp³-hybridized carbons (Fsp3) is 0.0612. The van der Waals surface area contributed by atoms with Crippen LogP contribution in [0.5, 0.6) is 0 Å².